The first-order chi connectivity index (χ1) is 14.6. The van der Waals surface area contributed by atoms with Crippen LogP contribution in [0.25, 0.3) is 10.9 Å². The Labute approximate surface area is 173 Å². The Balaban J connectivity index is 1.64. The molecule has 8 heteroatoms. The number of aromatic nitrogens is 2. The lowest BCUT2D eigenvalue weighted by Crippen LogP contribution is -2.51. The van der Waals surface area contributed by atoms with Crippen LogP contribution in [-0.2, 0) is 16.1 Å². The third-order valence-corrected chi connectivity index (χ3v) is 4.96. The van der Waals surface area contributed by atoms with Crippen LogP contribution in [0.5, 0.6) is 5.75 Å². The number of nitrogens with zero attached hydrogens (tertiary/aromatic N) is 3. The van der Waals surface area contributed by atoms with E-state index in [1.54, 1.807) is 47.4 Å². The lowest BCUT2D eigenvalue weighted by atomic mass is 10.1. The molecule has 0 spiro atoms. The van der Waals surface area contributed by atoms with E-state index in [9.17, 15) is 14.4 Å². The van der Waals surface area contributed by atoms with E-state index in [1.807, 2.05) is 13.0 Å². The number of benzene rings is 2. The maximum atomic E-state index is 13.2. The van der Waals surface area contributed by atoms with Gasteiger partial charge >= 0.3 is 0 Å². The zero-order chi connectivity index (χ0) is 21.1. The van der Waals surface area contributed by atoms with Crippen molar-refractivity contribution in [3.05, 3.63) is 65.0 Å². The molecule has 2 amide bonds. The molecular formula is C22H22N4O4. The second-order valence-electron chi connectivity index (χ2n) is 7.05. The number of rotatable bonds is 5. The number of anilines is 1. The number of fused-ring (bicyclic) bond motifs is 2. The van der Waals surface area contributed by atoms with Crippen molar-refractivity contribution in [2.24, 2.45) is 0 Å². The molecule has 0 unspecified atom stereocenters. The van der Waals surface area contributed by atoms with E-state index in [2.05, 4.69) is 10.4 Å². The van der Waals surface area contributed by atoms with Crippen LogP contribution in [0.3, 0.4) is 0 Å². The summed E-state index contributed by atoms with van der Waals surface area (Å²) in [6.45, 7) is 2.54. The van der Waals surface area contributed by atoms with Crippen molar-refractivity contribution in [3.8, 4) is 5.75 Å². The summed E-state index contributed by atoms with van der Waals surface area (Å²) in [5.41, 5.74) is 0.989. The minimum Gasteiger partial charge on any atom is -0.477 e. The average Bonchev–Trinajstić information content (AvgIpc) is 2.78. The van der Waals surface area contributed by atoms with Gasteiger partial charge in [-0.2, -0.15) is 5.10 Å². The first-order valence-electron chi connectivity index (χ1n) is 9.87. The minimum absolute atomic E-state index is 0.0710. The molecule has 1 N–H and O–H groups in total. The van der Waals surface area contributed by atoms with Gasteiger partial charge in [-0.1, -0.05) is 31.2 Å². The first-order valence-corrected chi connectivity index (χ1v) is 9.87. The van der Waals surface area contributed by atoms with Crippen LogP contribution in [0.15, 0.2) is 59.5 Å². The summed E-state index contributed by atoms with van der Waals surface area (Å²) in [5.74, 6) is -0.0251. The maximum Gasteiger partial charge on any atom is 0.262 e. The van der Waals surface area contributed by atoms with Crippen LogP contribution in [0, 0.1) is 0 Å². The van der Waals surface area contributed by atoms with Crippen molar-refractivity contribution in [1.29, 1.82) is 0 Å². The smallest absolute Gasteiger partial charge is 0.262 e. The van der Waals surface area contributed by atoms with Gasteiger partial charge in [0.25, 0.3) is 5.91 Å². The van der Waals surface area contributed by atoms with Crippen molar-refractivity contribution < 1.29 is 14.3 Å². The lowest BCUT2D eigenvalue weighted by Gasteiger charge is -2.34. The predicted octanol–water partition coefficient (Wildman–Crippen LogP) is 1.72. The Morgan fingerprint density at radius 3 is 2.77 bits per heavy atom. The molecule has 0 fully saturated rings. The number of carbonyl (C=O) groups excluding carboxylic acids is 2. The van der Waals surface area contributed by atoms with Gasteiger partial charge in [0, 0.05) is 11.9 Å². The number of para-hydroxylation sites is 3. The largest absolute Gasteiger partial charge is 0.477 e. The van der Waals surface area contributed by atoms with Gasteiger partial charge in [0.05, 0.1) is 23.9 Å². The van der Waals surface area contributed by atoms with Crippen molar-refractivity contribution in [3.63, 3.8) is 0 Å². The summed E-state index contributed by atoms with van der Waals surface area (Å²) >= 11 is 0. The fourth-order valence-electron chi connectivity index (χ4n) is 3.47. The third-order valence-electron chi connectivity index (χ3n) is 4.96. The monoisotopic (exact) mass is 406 g/mol. The predicted molar refractivity (Wildman–Crippen MR) is 113 cm³/mol. The third kappa shape index (κ3) is 3.76. The van der Waals surface area contributed by atoms with E-state index in [1.165, 1.54) is 10.9 Å². The van der Waals surface area contributed by atoms with Crippen LogP contribution in [0.2, 0.25) is 0 Å². The molecular weight excluding hydrogens is 384 g/mol. The molecule has 8 nitrogen and oxygen atoms in total. The number of hydrogen-bond acceptors (Lipinski definition) is 5. The average molecular weight is 406 g/mol. The second kappa shape index (κ2) is 8.36. The Hall–Kier alpha value is -3.68. The van der Waals surface area contributed by atoms with Crippen LogP contribution in [0.4, 0.5) is 5.69 Å². The Kier molecular flexibility index (Phi) is 5.47. The Morgan fingerprint density at radius 2 is 1.93 bits per heavy atom. The summed E-state index contributed by atoms with van der Waals surface area (Å²) in [5, 5.41) is 7.46. The molecule has 2 aromatic carbocycles. The maximum absolute atomic E-state index is 13.2. The number of carbonyl (C=O) groups is 2. The minimum atomic E-state index is -0.797. The molecule has 4 rings (SSSR count). The van der Waals surface area contributed by atoms with Crippen LogP contribution in [0.1, 0.15) is 13.3 Å². The van der Waals surface area contributed by atoms with Gasteiger partial charge in [-0.3, -0.25) is 19.1 Å². The summed E-state index contributed by atoms with van der Waals surface area (Å²) in [6, 6.07) is 14.2. The molecule has 1 aliphatic heterocycles. The highest BCUT2D eigenvalue weighted by molar-refractivity contribution is 5.97. The quantitative estimate of drug-likeness (QED) is 0.696. The molecule has 1 atom stereocenters. The molecule has 3 aromatic rings. The van der Waals surface area contributed by atoms with Gasteiger partial charge in [-0.15, -0.1) is 0 Å². The highest BCUT2D eigenvalue weighted by atomic mass is 16.5. The number of ether oxygens (including phenoxy) is 1. The number of amides is 2. The molecule has 2 heterocycles. The summed E-state index contributed by atoms with van der Waals surface area (Å²) < 4.78 is 7.34. The van der Waals surface area contributed by atoms with Crippen LogP contribution >= 0.6 is 0 Å². The zero-order valence-electron chi connectivity index (χ0n) is 16.6. The van der Waals surface area contributed by atoms with Crippen molar-refractivity contribution >= 4 is 28.4 Å². The van der Waals surface area contributed by atoms with E-state index in [4.69, 9.17) is 4.74 Å². The molecule has 0 radical (unpaired) electrons. The van der Waals surface area contributed by atoms with E-state index in [0.29, 0.717) is 28.9 Å². The molecule has 30 heavy (non-hydrogen) atoms. The van der Waals surface area contributed by atoms with Crippen LogP contribution < -0.4 is 20.4 Å². The van der Waals surface area contributed by atoms with E-state index in [-0.39, 0.29) is 30.3 Å². The molecule has 1 aromatic heterocycles. The van der Waals surface area contributed by atoms with Crippen molar-refractivity contribution in [2.75, 3.05) is 18.0 Å². The normalized spacial score (nSPS) is 15.4. The van der Waals surface area contributed by atoms with Crippen molar-refractivity contribution in [1.82, 2.24) is 15.1 Å². The molecule has 0 saturated heterocycles. The number of nitrogens with one attached hydrogen (secondary N) is 1. The molecule has 154 valence electrons. The number of hydrogen-bond donors (Lipinski definition) is 1. The fraction of sp³-hybridized carbons (Fsp3) is 0.273. The van der Waals surface area contributed by atoms with E-state index in [0.717, 1.165) is 6.42 Å². The molecule has 0 aliphatic carbocycles. The van der Waals surface area contributed by atoms with E-state index >= 15 is 0 Å². The van der Waals surface area contributed by atoms with Gasteiger partial charge in [0.15, 0.2) is 6.10 Å². The standard InChI is InChI=1S/C22H22N4O4/c1-2-11-23-22(29)20-13-25(17-9-5-6-10-19(17)30-20)21(28)14-26-16-8-4-3-7-15(16)18(27)12-24-26/h3-10,12,20H,2,11,13-14H2,1H3,(H,23,29)/t20-/m1/s1. The van der Waals surface area contributed by atoms with Gasteiger partial charge in [-0.05, 0) is 30.7 Å². The van der Waals surface area contributed by atoms with Gasteiger partial charge in [0.1, 0.15) is 12.3 Å². The zero-order valence-corrected chi connectivity index (χ0v) is 16.6. The molecule has 0 bridgehead atoms. The van der Waals surface area contributed by atoms with Gasteiger partial charge in [0.2, 0.25) is 11.3 Å². The summed E-state index contributed by atoms with van der Waals surface area (Å²) in [7, 11) is 0. The Morgan fingerprint density at radius 1 is 1.17 bits per heavy atom. The van der Waals surface area contributed by atoms with Crippen LogP contribution in [-0.4, -0.2) is 40.8 Å². The topological polar surface area (TPSA) is 93.5 Å². The summed E-state index contributed by atoms with van der Waals surface area (Å²) in [6.07, 6.45) is 1.22. The Bertz CT molecular complexity index is 1160. The molecule has 0 saturated carbocycles. The molecule has 1 aliphatic rings. The van der Waals surface area contributed by atoms with E-state index < -0.39 is 6.10 Å². The van der Waals surface area contributed by atoms with Gasteiger partial charge in [-0.25, -0.2) is 0 Å². The first kappa shape index (κ1) is 19.6. The van der Waals surface area contributed by atoms with Gasteiger partial charge < -0.3 is 15.0 Å². The lowest BCUT2D eigenvalue weighted by molar-refractivity contribution is -0.128. The summed E-state index contributed by atoms with van der Waals surface area (Å²) in [4.78, 5) is 39.3. The fourth-order valence-corrected chi connectivity index (χ4v) is 3.47. The van der Waals surface area contributed by atoms with Crippen molar-refractivity contribution in [2.45, 2.75) is 26.0 Å². The highest BCUT2D eigenvalue weighted by Gasteiger charge is 2.33. The SMILES string of the molecule is CCCNC(=O)[C@H]1CN(C(=O)Cn2ncc(=O)c3ccccc32)c2ccccc2O1. The second-order valence-corrected chi connectivity index (χ2v) is 7.05. The highest BCUT2D eigenvalue weighted by Crippen LogP contribution is 2.33.